The molecule has 5 heteroatoms. The Morgan fingerprint density at radius 3 is 2.67 bits per heavy atom. The number of cyclic esters (lactones) is 1. The van der Waals surface area contributed by atoms with Gasteiger partial charge < -0.3 is 14.0 Å². The zero-order valence-electron chi connectivity index (χ0n) is 16.4. The van der Waals surface area contributed by atoms with Gasteiger partial charge >= 0.3 is 11.9 Å². The summed E-state index contributed by atoms with van der Waals surface area (Å²) in [5.74, 6) is 0.690. The molecule has 0 N–H and O–H groups in total. The molecule has 5 nitrogen and oxygen atoms in total. The highest BCUT2D eigenvalue weighted by Gasteiger charge is 2.54. The van der Waals surface area contributed by atoms with Crippen molar-refractivity contribution in [2.75, 3.05) is 0 Å². The Morgan fingerprint density at radius 1 is 1.15 bits per heavy atom. The van der Waals surface area contributed by atoms with E-state index in [9.17, 15) is 9.59 Å². The maximum Gasteiger partial charge on any atom is 0.309 e. The van der Waals surface area contributed by atoms with Crippen LogP contribution >= 0.6 is 0 Å². The zero-order chi connectivity index (χ0) is 18.9. The number of ether oxygens (including phenoxy) is 2. The minimum Gasteiger partial charge on any atom is -0.461 e. The molecule has 2 saturated heterocycles. The molecule has 0 amide bonds. The van der Waals surface area contributed by atoms with E-state index in [4.69, 9.17) is 9.47 Å². The average Bonchev–Trinajstić information content (AvgIpc) is 3.20. The molecule has 0 aromatic carbocycles. The molecule has 146 valence electrons. The molecule has 2 fully saturated rings. The fourth-order valence-electron chi connectivity index (χ4n) is 6.19. The first-order valence-corrected chi connectivity index (χ1v) is 10.7. The van der Waals surface area contributed by atoms with Gasteiger partial charge in [-0.1, -0.05) is 27.2 Å². The van der Waals surface area contributed by atoms with Crippen molar-refractivity contribution in [3.05, 3.63) is 23.0 Å². The van der Waals surface area contributed by atoms with Crippen LogP contribution in [0.5, 0.6) is 0 Å². The van der Waals surface area contributed by atoms with Crippen LogP contribution in [0.2, 0.25) is 0 Å². The van der Waals surface area contributed by atoms with E-state index in [2.05, 4.69) is 17.6 Å². The molecule has 27 heavy (non-hydrogen) atoms. The van der Waals surface area contributed by atoms with Gasteiger partial charge in [0.15, 0.2) is 0 Å². The number of rotatable bonds is 2. The van der Waals surface area contributed by atoms with E-state index in [-0.39, 0.29) is 41.9 Å². The van der Waals surface area contributed by atoms with Crippen LogP contribution in [0.4, 0.5) is 0 Å². The van der Waals surface area contributed by atoms with Crippen LogP contribution in [-0.4, -0.2) is 22.6 Å². The average molecular weight is 371 g/mol. The van der Waals surface area contributed by atoms with Gasteiger partial charge in [0.05, 0.1) is 17.5 Å². The lowest BCUT2D eigenvalue weighted by Gasteiger charge is -2.39. The summed E-state index contributed by atoms with van der Waals surface area (Å²) in [5.41, 5.74) is 3.85. The third-order valence-electron chi connectivity index (χ3n) is 7.54. The molecule has 0 saturated carbocycles. The Morgan fingerprint density at radius 2 is 1.96 bits per heavy atom. The molecule has 0 unspecified atom stereocenters. The van der Waals surface area contributed by atoms with E-state index < -0.39 is 0 Å². The normalized spacial score (nSPS) is 40.2. The molecule has 4 heterocycles. The highest BCUT2D eigenvalue weighted by atomic mass is 16.6. The number of aromatic nitrogens is 1. The van der Waals surface area contributed by atoms with Crippen molar-refractivity contribution in [2.45, 2.75) is 83.5 Å². The van der Waals surface area contributed by atoms with E-state index in [0.29, 0.717) is 11.8 Å². The van der Waals surface area contributed by atoms with Gasteiger partial charge in [0.2, 0.25) is 0 Å². The molecule has 3 aliphatic heterocycles. The first-order valence-electron chi connectivity index (χ1n) is 10.7. The van der Waals surface area contributed by atoms with Crippen LogP contribution in [0.15, 0.2) is 6.07 Å². The summed E-state index contributed by atoms with van der Waals surface area (Å²) in [4.78, 5) is 24.5. The quantitative estimate of drug-likeness (QED) is 0.736. The lowest BCUT2D eigenvalue weighted by molar-refractivity contribution is -0.146. The van der Waals surface area contributed by atoms with Crippen LogP contribution < -0.4 is 0 Å². The predicted molar refractivity (Wildman–Crippen MR) is 99.2 cm³/mol. The molecule has 7 atom stereocenters. The molecule has 1 aromatic rings. The Balaban J connectivity index is 1.67. The highest BCUT2D eigenvalue weighted by Crippen LogP contribution is 2.55. The first-order chi connectivity index (χ1) is 13.0. The fraction of sp³-hybridized carbons (Fsp3) is 0.727. The van der Waals surface area contributed by atoms with Crippen molar-refractivity contribution < 1.29 is 19.1 Å². The van der Waals surface area contributed by atoms with E-state index in [1.807, 2.05) is 13.8 Å². The maximum atomic E-state index is 12.4. The highest BCUT2D eigenvalue weighted by molar-refractivity contribution is 5.77. The van der Waals surface area contributed by atoms with E-state index in [1.165, 1.54) is 17.7 Å². The number of carbonyl (C=O) groups is 2. The molecule has 1 aromatic heterocycles. The monoisotopic (exact) mass is 371 g/mol. The minimum absolute atomic E-state index is 0.00171. The van der Waals surface area contributed by atoms with Crippen molar-refractivity contribution >= 4 is 11.9 Å². The van der Waals surface area contributed by atoms with Crippen molar-refractivity contribution in [1.82, 2.24) is 4.57 Å². The standard InChI is InChI=1S/C22H29NO4/c1-4-13-14-7-5-6-8-23-16(17-9-11(2)21(24)26-17)10-15(19(14)23)18-12(3)22(25)27-20(13)18/h10-14,17-18,20H,4-9H2,1-3H3/t11-,12+,13+,14+,17+,18+,20-/m0/s1. The summed E-state index contributed by atoms with van der Waals surface area (Å²) >= 11 is 0. The number of nitrogens with zero attached hydrogens (tertiary/aromatic N) is 1. The molecule has 0 bridgehead atoms. The maximum absolute atomic E-state index is 12.4. The van der Waals surface area contributed by atoms with Gasteiger partial charge in [0, 0.05) is 36.4 Å². The summed E-state index contributed by atoms with van der Waals surface area (Å²) in [7, 11) is 0. The smallest absolute Gasteiger partial charge is 0.309 e. The zero-order valence-corrected chi connectivity index (χ0v) is 16.4. The number of fused-ring (bicyclic) bond motifs is 2. The number of hydrogen-bond donors (Lipinski definition) is 0. The Hall–Kier alpha value is -1.78. The van der Waals surface area contributed by atoms with Gasteiger partial charge in [0.1, 0.15) is 12.2 Å². The van der Waals surface area contributed by atoms with Gasteiger partial charge in [-0.15, -0.1) is 0 Å². The molecule has 4 aliphatic rings. The molecule has 0 radical (unpaired) electrons. The SMILES string of the molecule is CC[C@H]1[C@@H]2OC(=O)[C@H](C)[C@@H]2c2cc([C@H]3C[C@H](C)C(=O)O3)n3c2[C@@H]1CCCC3. The second-order valence-corrected chi connectivity index (χ2v) is 9.01. The second kappa shape index (κ2) is 6.11. The molecule has 1 aliphatic carbocycles. The van der Waals surface area contributed by atoms with Crippen LogP contribution in [0.1, 0.15) is 87.8 Å². The number of hydrogen-bond acceptors (Lipinski definition) is 4. The van der Waals surface area contributed by atoms with Crippen molar-refractivity contribution in [1.29, 1.82) is 0 Å². The van der Waals surface area contributed by atoms with E-state index in [1.54, 1.807) is 0 Å². The summed E-state index contributed by atoms with van der Waals surface area (Å²) in [6.07, 6.45) is 5.14. The summed E-state index contributed by atoms with van der Waals surface area (Å²) < 4.78 is 14.1. The van der Waals surface area contributed by atoms with Crippen LogP contribution in [-0.2, 0) is 25.6 Å². The van der Waals surface area contributed by atoms with Gasteiger partial charge in [0.25, 0.3) is 0 Å². The van der Waals surface area contributed by atoms with Crippen LogP contribution in [0.25, 0.3) is 0 Å². The van der Waals surface area contributed by atoms with Crippen LogP contribution in [0.3, 0.4) is 0 Å². The van der Waals surface area contributed by atoms with Gasteiger partial charge in [-0.25, -0.2) is 0 Å². The minimum atomic E-state index is -0.149. The third-order valence-corrected chi connectivity index (χ3v) is 7.54. The van der Waals surface area contributed by atoms with Crippen molar-refractivity contribution in [3.8, 4) is 0 Å². The molecule has 5 rings (SSSR count). The van der Waals surface area contributed by atoms with Crippen molar-refractivity contribution in [2.24, 2.45) is 17.8 Å². The van der Waals surface area contributed by atoms with Gasteiger partial charge in [-0.05, 0) is 30.9 Å². The second-order valence-electron chi connectivity index (χ2n) is 9.01. The Kier molecular flexibility index (Phi) is 3.92. The van der Waals surface area contributed by atoms with Gasteiger partial charge in [-0.3, -0.25) is 9.59 Å². The largest absolute Gasteiger partial charge is 0.461 e. The predicted octanol–water partition coefficient (Wildman–Crippen LogP) is 4.06. The molecule has 0 spiro atoms. The molecular formula is C22H29NO4. The first kappa shape index (κ1) is 17.3. The summed E-state index contributed by atoms with van der Waals surface area (Å²) in [5, 5.41) is 0. The van der Waals surface area contributed by atoms with E-state index in [0.717, 1.165) is 37.9 Å². The number of esters is 2. The Bertz CT molecular complexity index is 796. The van der Waals surface area contributed by atoms with Crippen LogP contribution in [0, 0.1) is 17.8 Å². The molecular weight excluding hydrogens is 342 g/mol. The topological polar surface area (TPSA) is 57.5 Å². The summed E-state index contributed by atoms with van der Waals surface area (Å²) in [6, 6.07) is 2.26. The Labute approximate surface area is 160 Å². The van der Waals surface area contributed by atoms with Gasteiger partial charge in [-0.2, -0.15) is 0 Å². The lowest BCUT2D eigenvalue weighted by atomic mass is 9.66. The van der Waals surface area contributed by atoms with Crippen molar-refractivity contribution in [3.63, 3.8) is 0 Å². The van der Waals surface area contributed by atoms with E-state index >= 15 is 0 Å². The fourth-order valence-corrected chi connectivity index (χ4v) is 6.19. The summed E-state index contributed by atoms with van der Waals surface area (Å²) in [6.45, 7) is 7.17. The lowest BCUT2D eigenvalue weighted by Crippen LogP contribution is -2.36. The third kappa shape index (κ3) is 2.36. The number of carbonyl (C=O) groups excluding carboxylic acids is 2.